The van der Waals surface area contributed by atoms with Crippen LogP contribution in [0.5, 0.6) is 17.2 Å². The Morgan fingerprint density at radius 1 is 1.18 bits per heavy atom. The Labute approximate surface area is 191 Å². The number of hydrogen-bond acceptors (Lipinski definition) is 6. The topological polar surface area (TPSA) is 80.3 Å². The van der Waals surface area contributed by atoms with Gasteiger partial charge in [0, 0.05) is 19.6 Å². The minimum atomic E-state index is -1.03. The summed E-state index contributed by atoms with van der Waals surface area (Å²) >= 11 is 0. The van der Waals surface area contributed by atoms with Gasteiger partial charge in [-0.05, 0) is 48.4 Å². The molecule has 0 radical (unpaired) electrons. The van der Waals surface area contributed by atoms with Crippen molar-refractivity contribution < 1.29 is 32.9 Å². The number of benzene rings is 2. The molecule has 2 aliphatic heterocycles. The molecule has 0 unspecified atom stereocenters. The van der Waals surface area contributed by atoms with Gasteiger partial charge in [-0.3, -0.25) is 9.69 Å². The van der Waals surface area contributed by atoms with Crippen molar-refractivity contribution in [3.8, 4) is 17.2 Å². The van der Waals surface area contributed by atoms with Gasteiger partial charge in [-0.15, -0.1) is 0 Å². The number of amides is 1. The molecular weight excluding hydrogens is 434 g/mol. The van der Waals surface area contributed by atoms with Crippen LogP contribution in [0.4, 0.5) is 8.78 Å². The largest absolute Gasteiger partial charge is 0.493 e. The number of nitrogens with one attached hydrogen (secondary N) is 1. The van der Waals surface area contributed by atoms with Gasteiger partial charge in [0.15, 0.2) is 11.5 Å². The molecule has 7 nitrogen and oxygen atoms in total. The van der Waals surface area contributed by atoms with Crippen molar-refractivity contribution in [3.63, 3.8) is 0 Å². The van der Waals surface area contributed by atoms with Crippen LogP contribution in [-0.2, 0) is 4.79 Å². The zero-order valence-corrected chi connectivity index (χ0v) is 18.2. The van der Waals surface area contributed by atoms with E-state index in [9.17, 15) is 18.7 Å². The Hall–Kier alpha value is -2.91. The Morgan fingerprint density at radius 3 is 2.67 bits per heavy atom. The highest BCUT2D eigenvalue weighted by Gasteiger charge is 2.30. The molecule has 3 atom stereocenters. The number of carbonyl (C=O) groups excluding carboxylic acids is 1. The van der Waals surface area contributed by atoms with E-state index in [1.54, 1.807) is 18.2 Å². The summed E-state index contributed by atoms with van der Waals surface area (Å²) < 4.78 is 43.3. The second-order valence-corrected chi connectivity index (χ2v) is 8.22. The summed E-state index contributed by atoms with van der Waals surface area (Å²) in [6, 6.07) is 10.1. The van der Waals surface area contributed by atoms with Crippen LogP contribution < -0.4 is 19.5 Å². The fourth-order valence-electron chi connectivity index (χ4n) is 4.00. The summed E-state index contributed by atoms with van der Waals surface area (Å²) in [5.74, 6) is 0.933. The summed E-state index contributed by atoms with van der Waals surface area (Å²) in [5.41, 5.74) is 0.572. The van der Waals surface area contributed by atoms with Crippen LogP contribution in [0.15, 0.2) is 42.5 Å². The van der Waals surface area contributed by atoms with Crippen LogP contribution in [-0.4, -0.2) is 67.6 Å². The first-order chi connectivity index (χ1) is 16.0. The predicted molar refractivity (Wildman–Crippen MR) is 117 cm³/mol. The molecule has 1 saturated heterocycles. The second kappa shape index (κ2) is 10.8. The fraction of sp³-hybridized carbons (Fsp3) is 0.458. The monoisotopic (exact) mass is 462 g/mol. The molecule has 33 heavy (non-hydrogen) atoms. The Morgan fingerprint density at radius 2 is 1.94 bits per heavy atom. The number of halogens is 2. The molecule has 2 aromatic rings. The van der Waals surface area contributed by atoms with Crippen LogP contribution in [0.2, 0.25) is 0 Å². The quantitative estimate of drug-likeness (QED) is 0.597. The first kappa shape index (κ1) is 23.3. The number of carbonyl (C=O) groups is 1. The SMILES string of the molecule is O=C(CCOc1ccc(F)cc1)N[C@H](CN1CC[C@@H](F)C1)[C@H](O)c1ccc2c(c1)OCCO2. The van der Waals surface area contributed by atoms with Gasteiger partial charge in [-0.1, -0.05) is 6.07 Å². The molecule has 2 aliphatic rings. The molecule has 178 valence electrons. The molecule has 9 heteroatoms. The normalized spacial score (nSPS) is 19.7. The summed E-state index contributed by atoms with van der Waals surface area (Å²) in [7, 11) is 0. The average molecular weight is 462 g/mol. The molecule has 1 fully saturated rings. The molecule has 0 saturated carbocycles. The fourth-order valence-corrected chi connectivity index (χ4v) is 4.00. The van der Waals surface area contributed by atoms with Crippen molar-refractivity contribution in [1.29, 1.82) is 0 Å². The van der Waals surface area contributed by atoms with E-state index in [2.05, 4.69) is 5.32 Å². The predicted octanol–water partition coefficient (Wildman–Crippen LogP) is 2.63. The number of rotatable bonds is 9. The van der Waals surface area contributed by atoms with E-state index in [-0.39, 0.29) is 31.3 Å². The third-order valence-corrected chi connectivity index (χ3v) is 5.72. The van der Waals surface area contributed by atoms with Crippen LogP contribution in [0.3, 0.4) is 0 Å². The van der Waals surface area contributed by atoms with Crippen molar-refractivity contribution in [1.82, 2.24) is 10.2 Å². The molecule has 0 spiro atoms. The van der Waals surface area contributed by atoms with E-state index in [1.807, 2.05) is 4.90 Å². The van der Waals surface area contributed by atoms with Crippen molar-refractivity contribution in [2.45, 2.75) is 31.2 Å². The summed E-state index contributed by atoms with van der Waals surface area (Å²) in [6.07, 6.45) is -1.45. The minimum Gasteiger partial charge on any atom is -0.493 e. The lowest BCUT2D eigenvalue weighted by Crippen LogP contribution is -2.47. The van der Waals surface area contributed by atoms with Gasteiger partial charge in [-0.25, -0.2) is 8.78 Å². The number of ether oxygens (including phenoxy) is 3. The highest BCUT2D eigenvalue weighted by atomic mass is 19.1. The third kappa shape index (κ3) is 6.33. The van der Waals surface area contributed by atoms with Gasteiger partial charge in [0.25, 0.3) is 0 Å². The number of fused-ring (bicyclic) bond motifs is 1. The standard InChI is InChI=1S/C24H28F2N2O5/c25-17-2-4-19(5-3-17)31-10-8-23(29)27-20(15-28-9-7-18(26)14-28)24(30)16-1-6-21-22(13-16)33-12-11-32-21/h1-6,13,18,20,24,30H,7-12,14-15H2,(H,27,29)/t18-,20-,24-/m1/s1. The third-order valence-electron chi connectivity index (χ3n) is 5.72. The van der Waals surface area contributed by atoms with E-state index in [0.717, 1.165) is 0 Å². The maximum absolute atomic E-state index is 13.7. The van der Waals surface area contributed by atoms with Crippen molar-refractivity contribution in [3.05, 3.63) is 53.8 Å². The molecule has 4 rings (SSSR count). The van der Waals surface area contributed by atoms with Crippen molar-refractivity contribution >= 4 is 5.91 Å². The van der Waals surface area contributed by atoms with E-state index < -0.39 is 18.3 Å². The highest BCUT2D eigenvalue weighted by molar-refractivity contribution is 5.76. The van der Waals surface area contributed by atoms with Gasteiger partial charge < -0.3 is 24.6 Å². The maximum Gasteiger partial charge on any atom is 0.223 e. The zero-order valence-electron chi connectivity index (χ0n) is 18.2. The lowest BCUT2D eigenvalue weighted by molar-refractivity contribution is -0.123. The number of hydrogen-bond donors (Lipinski definition) is 2. The van der Waals surface area contributed by atoms with Crippen LogP contribution >= 0.6 is 0 Å². The molecule has 0 aromatic heterocycles. The first-order valence-electron chi connectivity index (χ1n) is 11.1. The van der Waals surface area contributed by atoms with E-state index in [1.165, 1.54) is 24.3 Å². The lowest BCUT2D eigenvalue weighted by atomic mass is 10.0. The van der Waals surface area contributed by atoms with Gasteiger partial charge in [0.05, 0.1) is 19.1 Å². The van der Waals surface area contributed by atoms with Gasteiger partial charge in [0.1, 0.15) is 37.1 Å². The summed E-state index contributed by atoms with van der Waals surface area (Å²) in [6.45, 7) is 2.13. The summed E-state index contributed by atoms with van der Waals surface area (Å²) in [5, 5.41) is 14.0. The molecule has 2 aromatic carbocycles. The van der Waals surface area contributed by atoms with Gasteiger partial charge in [0.2, 0.25) is 5.91 Å². The number of aliphatic hydroxyl groups is 1. The highest BCUT2D eigenvalue weighted by Crippen LogP contribution is 2.33. The van der Waals surface area contributed by atoms with Gasteiger partial charge in [-0.2, -0.15) is 0 Å². The van der Waals surface area contributed by atoms with Gasteiger partial charge >= 0.3 is 0 Å². The molecule has 0 aliphatic carbocycles. The number of aliphatic hydroxyl groups excluding tert-OH is 1. The second-order valence-electron chi connectivity index (χ2n) is 8.22. The summed E-state index contributed by atoms with van der Waals surface area (Å²) in [4.78, 5) is 14.5. The average Bonchev–Trinajstić information content (AvgIpc) is 3.23. The molecule has 0 bridgehead atoms. The number of nitrogens with zero attached hydrogens (tertiary/aromatic N) is 1. The van der Waals surface area contributed by atoms with Crippen LogP contribution in [0.25, 0.3) is 0 Å². The molecule has 2 N–H and O–H groups in total. The lowest BCUT2D eigenvalue weighted by Gasteiger charge is -2.29. The Kier molecular flexibility index (Phi) is 7.61. The van der Waals surface area contributed by atoms with E-state index >= 15 is 0 Å². The Bertz CT molecular complexity index is 943. The Balaban J connectivity index is 1.39. The number of likely N-dealkylation sites (tertiary alicyclic amines) is 1. The zero-order chi connectivity index (χ0) is 23.2. The van der Waals surface area contributed by atoms with Crippen LogP contribution in [0.1, 0.15) is 24.5 Å². The van der Waals surface area contributed by atoms with E-state index in [4.69, 9.17) is 14.2 Å². The van der Waals surface area contributed by atoms with Crippen molar-refractivity contribution in [2.75, 3.05) is 39.5 Å². The van der Waals surface area contributed by atoms with E-state index in [0.29, 0.717) is 55.5 Å². The first-order valence-corrected chi connectivity index (χ1v) is 11.1. The molecule has 1 amide bonds. The maximum atomic E-state index is 13.7. The molecule has 2 heterocycles. The minimum absolute atomic E-state index is 0.0491. The van der Waals surface area contributed by atoms with Crippen molar-refractivity contribution in [2.24, 2.45) is 0 Å². The van der Waals surface area contributed by atoms with Crippen LogP contribution in [0, 0.1) is 5.82 Å². The molecular formula is C24H28F2N2O5. The number of alkyl halides is 1. The smallest absolute Gasteiger partial charge is 0.223 e.